The van der Waals surface area contributed by atoms with Gasteiger partial charge in [0.2, 0.25) is 0 Å². The summed E-state index contributed by atoms with van der Waals surface area (Å²) >= 11 is 0. The van der Waals surface area contributed by atoms with E-state index in [1.165, 1.54) is 43.8 Å². The van der Waals surface area contributed by atoms with Crippen LogP contribution in [0, 0.1) is 0 Å². The van der Waals surface area contributed by atoms with Gasteiger partial charge in [-0.05, 0) is 77.2 Å². The standard InChI is InChI=1S/C45H50N2O2/c1-46-32-42(40-26-24-34-16-10-12-22-38(34)30-40)44(36-18-6-3-7-19-36)48-28-14-5-15-29-49-45(37-20-8-4-9-21-37)43(33-47-2)41-27-25-35-17-11-13-23-39(35)31-41/h3-4,6-13,16-27,30-31,42-47H,5,14-15,28-29,32-33H2,1-2H3/t42-,43-,44-,45-/m1/s1. The third-order valence-corrected chi connectivity index (χ3v) is 9.62. The van der Waals surface area contributed by atoms with E-state index in [4.69, 9.17) is 9.47 Å². The predicted octanol–water partition coefficient (Wildman–Crippen LogP) is 9.99. The Bertz CT molecular complexity index is 1720. The molecular weight excluding hydrogens is 601 g/mol. The highest BCUT2D eigenvalue weighted by molar-refractivity contribution is 5.84. The number of benzene rings is 6. The molecule has 0 aliphatic carbocycles. The molecule has 0 radical (unpaired) electrons. The number of likely N-dealkylation sites (N-methyl/N-ethyl adjacent to an activating group) is 2. The second kappa shape index (κ2) is 17.9. The van der Waals surface area contributed by atoms with Gasteiger partial charge in [-0.2, -0.15) is 0 Å². The van der Waals surface area contributed by atoms with Crippen LogP contribution in [0.1, 0.15) is 65.6 Å². The molecule has 4 heteroatoms. The minimum absolute atomic E-state index is 0.0437. The average molecular weight is 651 g/mol. The summed E-state index contributed by atoms with van der Waals surface area (Å²) in [6.45, 7) is 3.07. The van der Waals surface area contributed by atoms with E-state index in [1.807, 2.05) is 14.1 Å². The molecule has 6 rings (SSSR count). The minimum Gasteiger partial charge on any atom is -0.373 e. The molecule has 0 amide bonds. The lowest BCUT2D eigenvalue weighted by atomic mass is 9.87. The van der Waals surface area contributed by atoms with Crippen molar-refractivity contribution in [2.45, 2.75) is 43.3 Å². The summed E-state index contributed by atoms with van der Waals surface area (Å²) in [7, 11) is 4.06. The van der Waals surface area contributed by atoms with Gasteiger partial charge in [0.05, 0.1) is 12.2 Å². The maximum Gasteiger partial charge on any atom is 0.0905 e. The number of hydrogen-bond acceptors (Lipinski definition) is 4. The van der Waals surface area contributed by atoms with Crippen LogP contribution in [-0.4, -0.2) is 40.4 Å². The number of fused-ring (bicyclic) bond motifs is 2. The van der Waals surface area contributed by atoms with Crippen LogP contribution in [0.15, 0.2) is 146 Å². The van der Waals surface area contributed by atoms with Gasteiger partial charge in [0.25, 0.3) is 0 Å². The highest BCUT2D eigenvalue weighted by atomic mass is 16.5. The average Bonchev–Trinajstić information content (AvgIpc) is 3.16. The molecule has 0 fully saturated rings. The SMILES string of the molecule is CNC[C@H](c1ccc2ccccc2c1)[C@H](OCCCCCO[C@H](c1ccccc1)[C@H](CNC)c1ccc2ccccc2c1)c1ccccc1. The first kappa shape index (κ1) is 34.5. The quantitative estimate of drug-likeness (QED) is 0.0909. The van der Waals surface area contributed by atoms with Gasteiger partial charge in [0, 0.05) is 38.1 Å². The number of nitrogens with one attached hydrogen (secondary N) is 2. The van der Waals surface area contributed by atoms with Gasteiger partial charge in [0.15, 0.2) is 0 Å². The fourth-order valence-corrected chi connectivity index (χ4v) is 7.09. The van der Waals surface area contributed by atoms with Crippen LogP contribution in [0.2, 0.25) is 0 Å². The molecular formula is C45H50N2O2. The van der Waals surface area contributed by atoms with E-state index in [2.05, 4.69) is 156 Å². The predicted molar refractivity (Wildman–Crippen MR) is 205 cm³/mol. The number of hydrogen-bond donors (Lipinski definition) is 2. The Morgan fingerprint density at radius 3 is 1.20 bits per heavy atom. The zero-order valence-electron chi connectivity index (χ0n) is 28.9. The molecule has 6 aromatic rings. The highest BCUT2D eigenvalue weighted by Crippen LogP contribution is 2.37. The summed E-state index contributed by atoms with van der Waals surface area (Å²) in [5.74, 6) is 0.373. The zero-order chi connectivity index (χ0) is 33.7. The molecule has 0 aromatic heterocycles. The Morgan fingerprint density at radius 2 is 0.796 bits per heavy atom. The first-order chi connectivity index (χ1) is 24.2. The van der Waals surface area contributed by atoms with Gasteiger partial charge >= 0.3 is 0 Å². The van der Waals surface area contributed by atoms with Crippen LogP contribution in [0.4, 0.5) is 0 Å². The summed E-state index contributed by atoms with van der Waals surface area (Å²) in [5.41, 5.74) is 5.03. The van der Waals surface area contributed by atoms with E-state index < -0.39 is 0 Å². The van der Waals surface area contributed by atoms with E-state index in [-0.39, 0.29) is 24.0 Å². The summed E-state index contributed by atoms with van der Waals surface area (Å²) in [4.78, 5) is 0. The minimum atomic E-state index is -0.0437. The molecule has 0 aliphatic heterocycles. The molecule has 0 saturated heterocycles. The van der Waals surface area contributed by atoms with E-state index >= 15 is 0 Å². The third kappa shape index (κ3) is 9.03. The Kier molecular flexibility index (Phi) is 12.6. The third-order valence-electron chi connectivity index (χ3n) is 9.62. The molecule has 6 aromatic carbocycles. The Labute approximate surface area is 292 Å². The topological polar surface area (TPSA) is 42.5 Å². The summed E-state index contributed by atoms with van der Waals surface area (Å²) in [6, 6.07) is 52.2. The maximum atomic E-state index is 6.78. The van der Waals surface area contributed by atoms with Gasteiger partial charge in [0.1, 0.15) is 0 Å². The molecule has 0 saturated carbocycles. The molecule has 0 heterocycles. The lowest BCUT2D eigenvalue weighted by molar-refractivity contribution is 0.0204. The molecule has 4 atom stereocenters. The van der Waals surface area contributed by atoms with E-state index in [0.717, 1.165) is 32.4 Å². The van der Waals surface area contributed by atoms with Crippen LogP contribution in [0.25, 0.3) is 21.5 Å². The number of unbranched alkanes of at least 4 members (excludes halogenated alkanes) is 2. The molecule has 252 valence electrons. The van der Waals surface area contributed by atoms with Crippen LogP contribution in [-0.2, 0) is 9.47 Å². The monoisotopic (exact) mass is 650 g/mol. The van der Waals surface area contributed by atoms with E-state index in [1.54, 1.807) is 0 Å². The molecule has 0 bridgehead atoms. The van der Waals surface area contributed by atoms with Crippen molar-refractivity contribution in [3.05, 3.63) is 168 Å². The van der Waals surface area contributed by atoms with Crippen molar-refractivity contribution in [2.24, 2.45) is 0 Å². The van der Waals surface area contributed by atoms with Gasteiger partial charge in [-0.25, -0.2) is 0 Å². The smallest absolute Gasteiger partial charge is 0.0905 e. The molecule has 49 heavy (non-hydrogen) atoms. The Morgan fingerprint density at radius 1 is 0.408 bits per heavy atom. The fourth-order valence-electron chi connectivity index (χ4n) is 7.09. The van der Waals surface area contributed by atoms with Gasteiger partial charge in [-0.3, -0.25) is 0 Å². The molecule has 2 N–H and O–H groups in total. The van der Waals surface area contributed by atoms with E-state index in [0.29, 0.717) is 13.2 Å². The van der Waals surface area contributed by atoms with Gasteiger partial charge in [-0.15, -0.1) is 0 Å². The lowest BCUT2D eigenvalue weighted by Crippen LogP contribution is -2.25. The molecule has 0 aliphatic rings. The summed E-state index contributed by atoms with van der Waals surface area (Å²) in [5, 5.41) is 11.9. The van der Waals surface area contributed by atoms with Crippen LogP contribution < -0.4 is 10.6 Å². The van der Waals surface area contributed by atoms with Crippen molar-refractivity contribution in [2.75, 3.05) is 40.4 Å². The van der Waals surface area contributed by atoms with Crippen molar-refractivity contribution in [1.29, 1.82) is 0 Å². The molecule has 4 nitrogen and oxygen atoms in total. The summed E-state index contributed by atoms with van der Waals surface area (Å²) < 4.78 is 13.6. The van der Waals surface area contributed by atoms with Crippen LogP contribution in [0.5, 0.6) is 0 Å². The van der Waals surface area contributed by atoms with Crippen molar-refractivity contribution < 1.29 is 9.47 Å². The first-order valence-electron chi connectivity index (χ1n) is 17.8. The normalized spacial score (nSPS) is 14.1. The second-order valence-corrected chi connectivity index (χ2v) is 13.0. The fraction of sp³-hybridized carbons (Fsp3) is 0.289. The largest absolute Gasteiger partial charge is 0.373 e. The Balaban J connectivity index is 1.10. The van der Waals surface area contributed by atoms with Crippen molar-refractivity contribution in [3.8, 4) is 0 Å². The van der Waals surface area contributed by atoms with E-state index in [9.17, 15) is 0 Å². The highest BCUT2D eigenvalue weighted by Gasteiger charge is 2.27. The zero-order valence-corrected chi connectivity index (χ0v) is 28.9. The first-order valence-corrected chi connectivity index (χ1v) is 17.8. The Hall–Kier alpha value is -4.32. The van der Waals surface area contributed by atoms with Crippen molar-refractivity contribution in [3.63, 3.8) is 0 Å². The lowest BCUT2D eigenvalue weighted by Gasteiger charge is -2.29. The second-order valence-electron chi connectivity index (χ2n) is 13.0. The maximum absolute atomic E-state index is 6.78. The van der Waals surface area contributed by atoms with Crippen molar-refractivity contribution >= 4 is 21.5 Å². The number of ether oxygens (including phenoxy) is 2. The summed E-state index contributed by atoms with van der Waals surface area (Å²) in [6.07, 6.45) is 2.92. The van der Waals surface area contributed by atoms with Crippen LogP contribution >= 0.6 is 0 Å². The van der Waals surface area contributed by atoms with Gasteiger partial charge in [-0.1, -0.05) is 146 Å². The number of rotatable bonds is 18. The van der Waals surface area contributed by atoms with Crippen molar-refractivity contribution in [1.82, 2.24) is 10.6 Å². The van der Waals surface area contributed by atoms with Gasteiger partial charge < -0.3 is 20.1 Å². The molecule has 0 unspecified atom stereocenters. The molecule has 0 spiro atoms. The van der Waals surface area contributed by atoms with Crippen LogP contribution in [0.3, 0.4) is 0 Å².